The third-order valence-electron chi connectivity index (χ3n) is 2.72. The Bertz CT molecular complexity index is 666. The summed E-state index contributed by atoms with van der Waals surface area (Å²) in [5.74, 6) is 0.942. The highest BCUT2D eigenvalue weighted by atomic mass is 32.2. The van der Waals surface area contributed by atoms with Gasteiger partial charge in [0.05, 0.1) is 29.6 Å². The van der Waals surface area contributed by atoms with Crippen molar-refractivity contribution in [1.29, 1.82) is 0 Å². The molecule has 5 nitrogen and oxygen atoms in total. The van der Waals surface area contributed by atoms with Crippen LogP contribution in [-0.2, 0) is 15.4 Å². The van der Waals surface area contributed by atoms with Gasteiger partial charge in [0.2, 0.25) is 0 Å². The maximum atomic E-state index is 12.3. The Morgan fingerprint density at radius 1 is 1.42 bits per heavy atom. The number of fused-ring (bicyclic) bond motifs is 1. The molecule has 19 heavy (non-hydrogen) atoms. The Morgan fingerprint density at radius 2 is 2.16 bits per heavy atom. The van der Waals surface area contributed by atoms with Gasteiger partial charge >= 0.3 is 5.97 Å². The summed E-state index contributed by atoms with van der Waals surface area (Å²) in [6.07, 6.45) is 0. The summed E-state index contributed by atoms with van der Waals surface area (Å²) in [7, 11) is 1.35. The minimum Gasteiger partial charge on any atom is -0.468 e. The first-order valence-electron chi connectivity index (χ1n) is 5.74. The van der Waals surface area contributed by atoms with Gasteiger partial charge < -0.3 is 4.74 Å². The summed E-state index contributed by atoms with van der Waals surface area (Å²) in [5.41, 5.74) is 0.611. The van der Waals surface area contributed by atoms with E-state index in [0.29, 0.717) is 22.6 Å². The normalized spacial score (nSPS) is 10.6. The van der Waals surface area contributed by atoms with Crippen LogP contribution >= 0.6 is 11.8 Å². The topological polar surface area (TPSA) is 61.2 Å². The van der Waals surface area contributed by atoms with Gasteiger partial charge in [-0.15, -0.1) is 11.8 Å². The molecule has 0 spiro atoms. The summed E-state index contributed by atoms with van der Waals surface area (Å²) in [6, 6.07) is 7.23. The highest BCUT2D eigenvalue weighted by Crippen LogP contribution is 2.10. The zero-order valence-electron chi connectivity index (χ0n) is 10.8. The fourth-order valence-electron chi connectivity index (χ4n) is 1.71. The molecule has 6 heteroatoms. The standard InChI is InChI=1S/C13H14N2O3S/c1-9-14-11-6-4-3-5-10(11)13(17)15(9)8-19-7-12(16)18-2/h3-6H,7-8H2,1-2H3. The maximum absolute atomic E-state index is 12.3. The molecule has 0 atom stereocenters. The molecule has 1 heterocycles. The molecule has 0 aliphatic heterocycles. The van der Waals surface area contributed by atoms with Gasteiger partial charge in [-0.3, -0.25) is 14.2 Å². The third-order valence-corrected chi connectivity index (χ3v) is 3.60. The molecule has 0 radical (unpaired) electrons. The van der Waals surface area contributed by atoms with Gasteiger partial charge in [0.25, 0.3) is 5.56 Å². The number of hydrogen-bond donors (Lipinski definition) is 0. The van der Waals surface area contributed by atoms with Crippen molar-refractivity contribution in [2.24, 2.45) is 0 Å². The first-order valence-corrected chi connectivity index (χ1v) is 6.89. The molecule has 0 aliphatic rings. The number of carbonyl (C=O) groups excluding carboxylic acids is 1. The minimum absolute atomic E-state index is 0.0829. The highest BCUT2D eigenvalue weighted by Gasteiger charge is 2.08. The number of aryl methyl sites for hydroxylation is 1. The molecule has 0 N–H and O–H groups in total. The Balaban J connectivity index is 2.28. The van der Waals surface area contributed by atoms with Crippen molar-refractivity contribution in [3.05, 3.63) is 40.4 Å². The lowest BCUT2D eigenvalue weighted by atomic mass is 10.2. The summed E-state index contributed by atoms with van der Waals surface area (Å²) >= 11 is 1.32. The van der Waals surface area contributed by atoms with Crippen LogP contribution in [0.15, 0.2) is 29.1 Å². The van der Waals surface area contributed by atoms with Crippen molar-refractivity contribution in [2.45, 2.75) is 12.8 Å². The van der Waals surface area contributed by atoms with Crippen LogP contribution in [0.4, 0.5) is 0 Å². The van der Waals surface area contributed by atoms with E-state index in [-0.39, 0.29) is 17.3 Å². The van der Waals surface area contributed by atoms with Gasteiger partial charge in [0.1, 0.15) is 5.82 Å². The maximum Gasteiger partial charge on any atom is 0.315 e. The molecule has 0 unspecified atom stereocenters. The van der Waals surface area contributed by atoms with E-state index in [0.717, 1.165) is 0 Å². The Morgan fingerprint density at radius 3 is 2.89 bits per heavy atom. The fraction of sp³-hybridized carbons (Fsp3) is 0.308. The largest absolute Gasteiger partial charge is 0.468 e. The third kappa shape index (κ3) is 2.96. The summed E-state index contributed by atoms with van der Waals surface area (Å²) in [5, 5.41) is 0.590. The zero-order valence-corrected chi connectivity index (χ0v) is 11.6. The van der Waals surface area contributed by atoms with E-state index in [1.807, 2.05) is 18.2 Å². The van der Waals surface area contributed by atoms with Gasteiger partial charge in [0.15, 0.2) is 0 Å². The van der Waals surface area contributed by atoms with Gasteiger partial charge in [-0.2, -0.15) is 0 Å². The average Bonchev–Trinajstić information content (AvgIpc) is 2.42. The van der Waals surface area contributed by atoms with Gasteiger partial charge in [0, 0.05) is 0 Å². The molecule has 1 aromatic heterocycles. The second-order valence-electron chi connectivity index (χ2n) is 3.96. The first kappa shape index (κ1) is 13.6. The molecule has 0 saturated heterocycles. The van der Waals surface area contributed by atoms with E-state index in [2.05, 4.69) is 9.72 Å². The molecule has 0 aliphatic carbocycles. The first-order chi connectivity index (χ1) is 9.13. The second kappa shape index (κ2) is 5.88. The number of para-hydroxylation sites is 1. The van der Waals surface area contributed by atoms with Crippen LogP contribution < -0.4 is 5.56 Å². The van der Waals surface area contributed by atoms with E-state index in [9.17, 15) is 9.59 Å². The van der Waals surface area contributed by atoms with E-state index in [1.54, 1.807) is 17.6 Å². The van der Waals surface area contributed by atoms with Crippen LogP contribution in [0.25, 0.3) is 10.9 Å². The van der Waals surface area contributed by atoms with E-state index < -0.39 is 0 Å². The molecule has 100 valence electrons. The molecule has 0 bridgehead atoms. The summed E-state index contributed by atoms with van der Waals surface area (Å²) < 4.78 is 6.12. The molecule has 0 amide bonds. The fourth-order valence-corrected chi connectivity index (χ4v) is 2.57. The molecule has 1 aromatic carbocycles. The number of benzene rings is 1. The molecule has 0 fully saturated rings. The lowest BCUT2D eigenvalue weighted by Gasteiger charge is -2.09. The number of thioether (sulfide) groups is 1. The Hall–Kier alpha value is -1.82. The van der Waals surface area contributed by atoms with Gasteiger partial charge in [-0.25, -0.2) is 4.98 Å². The van der Waals surface area contributed by atoms with Crippen LogP contribution in [0.2, 0.25) is 0 Å². The number of ether oxygens (including phenoxy) is 1. The zero-order chi connectivity index (χ0) is 13.8. The number of methoxy groups -OCH3 is 1. The van der Waals surface area contributed by atoms with Crippen molar-refractivity contribution in [2.75, 3.05) is 12.9 Å². The Kier molecular flexibility index (Phi) is 4.21. The number of carbonyl (C=O) groups is 1. The van der Waals surface area contributed by atoms with E-state index >= 15 is 0 Å². The van der Waals surface area contributed by atoms with E-state index in [4.69, 9.17) is 0 Å². The van der Waals surface area contributed by atoms with Crippen LogP contribution in [0.3, 0.4) is 0 Å². The summed E-state index contributed by atoms with van der Waals surface area (Å²) in [6.45, 7) is 1.78. The van der Waals surface area contributed by atoms with Crippen LogP contribution in [0, 0.1) is 6.92 Å². The lowest BCUT2D eigenvalue weighted by Crippen LogP contribution is -2.23. The number of nitrogens with zero attached hydrogens (tertiary/aromatic N) is 2. The second-order valence-corrected chi connectivity index (χ2v) is 4.92. The number of rotatable bonds is 4. The molecular formula is C13H14N2O3S. The average molecular weight is 278 g/mol. The summed E-state index contributed by atoms with van der Waals surface area (Å²) in [4.78, 5) is 27.7. The SMILES string of the molecule is COC(=O)CSCn1c(C)nc2ccccc2c1=O. The molecule has 2 rings (SSSR count). The highest BCUT2D eigenvalue weighted by molar-refractivity contribution is 7.98. The van der Waals surface area contributed by atoms with Crippen molar-refractivity contribution in [3.8, 4) is 0 Å². The molecule has 2 aromatic rings. The van der Waals surface area contributed by atoms with Crippen molar-refractivity contribution in [1.82, 2.24) is 9.55 Å². The lowest BCUT2D eigenvalue weighted by molar-refractivity contribution is -0.137. The molecular weight excluding hydrogens is 264 g/mol. The van der Waals surface area contributed by atoms with Crippen molar-refractivity contribution in [3.63, 3.8) is 0 Å². The number of aromatic nitrogens is 2. The number of hydrogen-bond acceptors (Lipinski definition) is 5. The quantitative estimate of drug-likeness (QED) is 0.794. The Labute approximate surface area is 114 Å². The van der Waals surface area contributed by atoms with Crippen LogP contribution in [0.5, 0.6) is 0 Å². The number of esters is 1. The predicted octanol–water partition coefficient (Wildman–Crippen LogP) is 1.57. The monoisotopic (exact) mass is 278 g/mol. The van der Waals surface area contributed by atoms with Crippen LogP contribution in [-0.4, -0.2) is 28.4 Å². The minimum atomic E-state index is -0.301. The van der Waals surface area contributed by atoms with Gasteiger partial charge in [-0.05, 0) is 19.1 Å². The smallest absolute Gasteiger partial charge is 0.315 e. The van der Waals surface area contributed by atoms with Crippen LogP contribution in [0.1, 0.15) is 5.82 Å². The predicted molar refractivity (Wildman–Crippen MR) is 75.2 cm³/mol. The van der Waals surface area contributed by atoms with Crippen molar-refractivity contribution < 1.29 is 9.53 Å². The molecule has 0 saturated carbocycles. The van der Waals surface area contributed by atoms with Crippen molar-refractivity contribution >= 4 is 28.6 Å². The van der Waals surface area contributed by atoms with E-state index in [1.165, 1.54) is 18.9 Å². The van der Waals surface area contributed by atoms with Gasteiger partial charge in [-0.1, -0.05) is 12.1 Å².